The fourth-order valence-corrected chi connectivity index (χ4v) is 3.70. The van der Waals surface area contributed by atoms with E-state index in [1.165, 1.54) is 0 Å². The number of hydrogen-bond donors (Lipinski definition) is 0. The molecule has 0 amide bonds. The van der Waals surface area contributed by atoms with E-state index in [-0.39, 0.29) is 0 Å². The third-order valence-corrected chi connectivity index (χ3v) is 5.12. The van der Waals surface area contributed by atoms with Gasteiger partial charge >= 0.3 is 0 Å². The van der Waals surface area contributed by atoms with Gasteiger partial charge in [0.15, 0.2) is 11.6 Å². The SMILES string of the molecule is COCc1nnc2n1Cc1c(C#Cc3cccc(C)n3)ncn1-c1ccc(C)cc1-2. The first-order valence-electron chi connectivity index (χ1n) is 9.68. The molecule has 0 saturated carbocycles. The van der Waals surface area contributed by atoms with Crippen LogP contribution in [-0.4, -0.2) is 36.4 Å². The molecule has 7 heteroatoms. The van der Waals surface area contributed by atoms with E-state index in [9.17, 15) is 0 Å². The van der Waals surface area contributed by atoms with Crippen LogP contribution in [0.15, 0.2) is 42.7 Å². The molecule has 0 atom stereocenters. The smallest absolute Gasteiger partial charge is 0.166 e. The summed E-state index contributed by atoms with van der Waals surface area (Å²) in [5.74, 6) is 7.95. The highest BCUT2D eigenvalue weighted by molar-refractivity contribution is 5.70. The molecule has 7 nitrogen and oxygen atoms in total. The Bertz CT molecular complexity index is 1320. The van der Waals surface area contributed by atoms with Crippen molar-refractivity contribution >= 4 is 0 Å². The van der Waals surface area contributed by atoms with Gasteiger partial charge in [-0.1, -0.05) is 17.7 Å². The number of pyridine rings is 1. The van der Waals surface area contributed by atoms with Gasteiger partial charge in [-0.3, -0.25) is 4.57 Å². The first-order chi connectivity index (χ1) is 14.6. The number of methoxy groups -OCH3 is 1. The molecule has 0 aliphatic carbocycles. The Labute approximate surface area is 174 Å². The molecule has 30 heavy (non-hydrogen) atoms. The number of fused-ring (bicyclic) bond motifs is 5. The fourth-order valence-electron chi connectivity index (χ4n) is 3.70. The van der Waals surface area contributed by atoms with Crippen LogP contribution in [0.2, 0.25) is 0 Å². The number of benzene rings is 1. The van der Waals surface area contributed by atoms with Crippen LogP contribution in [0.4, 0.5) is 0 Å². The highest BCUT2D eigenvalue weighted by Gasteiger charge is 2.25. The lowest BCUT2D eigenvalue weighted by Crippen LogP contribution is -2.09. The number of aromatic nitrogens is 6. The van der Waals surface area contributed by atoms with Crippen LogP contribution in [-0.2, 0) is 17.9 Å². The second kappa shape index (κ2) is 7.25. The minimum atomic E-state index is 0.385. The number of rotatable bonds is 2. The zero-order chi connectivity index (χ0) is 20.7. The predicted molar refractivity (Wildman–Crippen MR) is 112 cm³/mol. The molecule has 0 fully saturated rings. The molecule has 1 aliphatic rings. The monoisotopic (exact) mass is 396 g/mol. The molecule has 0 spiro atoms. The van der Waals surface area contributed by atoms with Crippen LogP contribution in [0, 0.1) is 25.7 Å². The van der Waals surface area contributed by atoms with E-state index in [4.69, 9.17) is 4.74 Å². The molecule has 0 unspecified atom stereocenters. The van der Waals surface area contributed by atoms with Gasteiger partial charge in [0.05, 0.1) is 17.9 Å². The van der Waals surface area contributed by atoms with Crippen LogP contribution in [0.25, 0.3) is 17.1 Å². The second-order valence-corrected chi connectivity index (χ2v) is 7.30. The summed E-state index contributed by atoms with van der Waals surface area (Å²) in [7, 11) is 1.66. The van der Waals surface area contributed by atoms with Crippen molar-refractivity contribution in [3.05, 3.63) is 76.9 Å². The summed E-state index contributed by atoms with van der Waals surface area (Å²) in [5.41, 5.74) is 6.55. The first kappa shape index (κ1) is 18.3. The third-order valence-electron chi connectivity index (χ3n) is 5.12. The van der Waals surface area contributed by atoms with Crippen molar-refractivity contribution in [3.63, 3.8) is 0 Å². The molecule has 0 saturated heterocycles. The standard InChI is InChI=1S/C23H20N6O/c1-15-7-10-20-18(11-15)23-27-26-22(13-30-3)28(23)12-21-19(24-14-29(20)21)9-8-17-6-4-5-16(2)25-17/h4-7,10-11,14H,12-13H2,1-3H3. The van der Waals surface area contributed by atoms with E-state index in [2.05, 4.69) is 66.3 Å². The first-order valence-corrected chi connectivity index (χ1v) is 9.68. The van der Waals surface area contributed by atoms with E-state index in [1.807, 2.05) is 31.5 Å². The van der Waals surface area contributed by atoms with E-state index in [1.54, 1.807) is 7.11 Å². The van der Waals surface area contributed by atoms with Crippen molar-refractivity contribution in [2.24, 2.45) is 0 Å². The van der Waals surface area contributed by atoms with E-state index in [0.717, 1.165) is 51.2 Å². The highest BCUT2D eigenvalue weighted by atomic mass is 16.5. The van der Waals surface area contributed by atoms with Gasteiger partial charge in [-0.25, -0.2) is 9.97 Å². The normalized spacial score (nSPS) is 11.7. The topological polar surface area (TPSA) is 70.7 Å². The van der Waals surface area contributed by atoms with E-state index >= 15 is 0 Å². The summed E-state index contributed by atoms with van der Waals surface area (Å²) < 4.78 is 9.51. The van der Waals surface area contributed by atoms with Crippen LogP contribution < -0.4 is 0 Å². The van der Waals surface area contributed by atoms with Crippen LogP contribution >= 0.6 is 0 Å². The van der Waals surface area contributed by atoms with Gasteiger partial charge in [0.2, 0.25) is 0 Å². The summed E-state index contributed by atoms with van der Waals surface area (Å²) in [5, 5.41) is 8.83. The molecule has 0 radical (unpaired) electrons. The summed E-state index contributed by atoms with van der Waals surface area (Å²) in [6, 6.07) is 12.1. The molecule has 4 aromatic rings. The summed E-state index contributed by atoms with van der Waals surface area (Å²) in [4.78, 5) is 9.07. The van der Waals surface area contributed by atoms with Crippen molar-refractivity contribution in [1.82, 2.24) is 29.3 Å². The summed E-state index contributed by atoms with van der Waals surface area (Å²) >= 11 is 0. The highest BCUT2D eigenvalue weighted by Crippen LogP contribution is 2.33. The van der Waals surface area contributed by atoms with Gasteiger partial charge in [-0.2, -0.15) is 0 Å². The van der Waals surface area contributed by atoms with Gasteiger partial charge in [0.1, 0.15) is 24.3 Å². The molecule has 1 aliphatic heterocycles. The Morgan fingerprint density at radius 3 is 2.83 bits per heavy atom. The predicted octanol–water partition coefficient (Wildman–Crippen LogP) is 3.05. The van der Waals surface area contributed by atoms with Gasteiger partial charge in [-0.05, 0) is 50.0 Å². The van der Waals surface area contributed by atoms with Gasteiger partial charge in [0.25, 0.3) is 0 Å². The van der Waals surface area contributed by atoms with Gasteiger partial charge in [-0.15, -0.1) is 10.2 Å². The van der Waals surface area contributed by atoms with Gasteiger partial charge < -0.3 is 9.30 Å². The fraction of sp³-hybridized carbons (Fsp3) is 0.217. The second-order valence-electron chi connectivity index (χ2n) is 7.30. The Hall–Kier alpha value is -3.76. The number of hydrogen-bond acceptors (Lipinski definition) is 5. The molecule has 4 heterocycles. The minimum Gasteiger partial charge on any atom is -0.377 e. The van der Waals surface area contributed by atoms with Crippen LogP contribution in [0.1, 0.15) is 34.2 Å². The Kier molecular flexibility index (Phi) is 4.42. The average Bonchev–Trinajstić information content (AvgIpc) is 3.28. The zero-order valence-corrected chi connectivity index (χ0v) is 17.0. The van der Waals surface area contributed by atoms with E-state index < -0.39 is 0 Å². The van der Waals surface area contributed by atoms with Crippen molar-refractivity contribution < 1.29 is 4.74 Å². The maximum absolute atomic E-state index is 5.34. The molecular formula is C23H20N6O. The number of aryl methyl sites for hydroxylation is 2. The maximum Gasteiger partial charge on any atom is 0.166 e. The van der Waals surface area contributed by atoms with Crippen molar-refractivity contribution in [2.75, 3.05) is 7.11 Å². The molecule has 3 aromatic heterocycles. The van der Waals surface area contributed by atoms with Crippen LogP contribution in [0.3, 0.4) is 0 Å². The number of nitrogens with zero attached hydrogens (tertiary/aromatic N) is 6. The minimum absolute atomic E-state index is 0.385. The molecule has 1 aromatic carbocycles. The Morgan fingerprint density at radius 2 is 2.00 bits per heavy atom. The van der Waals surface area contributed by atoms with Gasteiger partial charge in [0, 0.05) is 18.4 Å². The average molecular weight is 396 g/mol. The Morgan fingerprint density at radius 1 is 1.10 bits per heavy atom. The van der Waals surface area contributed by atoms with Crippen molar-refractivity contribution in [2.45, 2.75) is 27.0 Å². The van der Waals surface area contributed by atoms with Crippen LogP contribution in [0.5, 0.6) is 0 Å². The lowest BCUT2D eigenvalue weighted by molar-refractivity contribution is 0.174. The Balaban J connectivity index is 1.68. The van der Waals surface area contributed by atoms with Crippen molar-refractivity contribution in [3.8, 4) is 28.9 Å². The molecule has 0 N–H and O–H groups in total. The molecular weight excluding hydrogens is 376 g/mol. The van der Waals surface area contributed by atoms with E-state index in [0.29, 0.717) is 13.2 Å². The zero-order valence-electron chi connectivity index (χ0n) is 17.0. The molecule has 5 rings (SSSR count). The lowest BCUT2D eigenvalue weighted by atomic mass is 10.1. The third kappa shape index (κ3) is 3.08. The maximum atomic E-state index is 5.34. The number of ether oxygens (including phenoxy) is 1. The molecule has 148 valence electrons. The quantitative estimate of drug-likeness (QED) is 0.429. The number of imidazole rings is 1. The van der Waals surface area contributed by atoms with Crippen molar-refractivity contribution in [1.29, 1.82) is 0 Å². The summed E-state index contributed by atoms with van der Waals surface area (Å²) in [6.45, 7) is 4.97. The lowest BCUT2D eigenvalue weighted by Gasteiger charge is -2.08. The summed E-state index contributed by atoms with van der Waals surface area (Å²) in [6.07, 6.45) is 1.83. The largest absolute Gasteiger partial charge is 0.377 e. The molecule has 0 bridgehead atoms.